The van der Waals surface area contributed by atoms with Gasteiger partial charge in [0.15, 0.2) is 0 Å². The lowest BCUT2D eigenvalue weighted by molar-refractivity contribution is 0.414. The Morgan fingerprint density at radius 2 is 1.82 bits per heavy atom. The van der Waals surface area contributed by atoms with E-state index in [2.05, 4.69) is 24.8 Å². The second-order valence-corrected chi connectivity index (χ2v) is 4.00. The van der Waals surface area contributed by atoms with Crippen molar-refractivity contribution in [3.8, 4) is 5.75 Å². The fraction of sp³-hybridized carbons (Fsp3) is 0.125. The van der Waals surface area contributed by atoms with E-state index in [-0.39, 0.29) is 0 Å². The predicted octanol–water partition coefficient (Wildman–Crippen LogP) is 3.95. The van der Waals surface area contributed by atoms with Gasteiger partial charge in [-0.05, 0) is 35.3 Å². The first-order chi connectivity index (χ1) is 8.29. The molecule has 1 heteroatoms. The van der Waals surface area contributed by atoms with E-state index in [4.69, 9.17) is 4.74 Å². The van der Waals surface area contributed by atoms with Crippen molar-refractivity contribution in [1.29, 1.82) is 0 Å². The second kappa shape index (κ2) is 5.35. The van der Waals surface area contributed by atoms with Gasteiger partial charge in [0.25, 0.3) is 0 Å². The van der Waals surface area contributed by atoms with Gasteiger partial charge in [-0.3, -0.25) is 0 Å². The summed E-state index contributed by atoms with van der Waals surface area (Å²) in [4.78, 5) is 0. The number of benzene rings is 2. The molecule has 0 aliphatic heterocycles. The summed E-state index contributed by atoms with van der Waals surface area (Å²) in [7, 11) is 1.68. The van der Waals surface area contributed by atoms with Crippen LogP contribution in [-0.2, 0) is 6.42 Å². The molecular weight excluding hydrogens is 208 g/mol. The van der Waals surface area contributed by atoms with Gasteiger partial charge in [0.1, 0.15) is 5.75 Å². The van der Waals surface area contributed by atoms with Crippen LogP contribution in [0, 0.1) is 0 Å². The molecule has 0 unspecified atom stereocenters. The average molecular weight is 224 g/mol. The van der Waals surface area contributed by atoms with Crippen LogP contribution in [0.1, 0.15) is 11.1 Å². The molecule has 2 aromatic carbocycles. The number of rotatable bonds is 4. The zero-order valence-electron chi connectivity index (χ0n) is 10.0. The molecule has 0 heterocycles. The first-order valence-electron chi connectivity index (χ1n) is 5.66. The molecule has 0 atom stereocenters. The third-order valence-electron chi connectivity index (χ3n) is 2.74. The van der Waals surface area contributed by atoms with Crippen molar-refractivity contribution in [2.75, 3.05) is 7.11 Å². The van der Waals surface area contributed by atoms with Crippen molar-refractivity contribution < 1.29 is 4.74 Å². The Labute approximate surface area is 102 Å². The molecule has 0 aromatic heterocycles. The minimum absolute atomic E-state index is 0.869. The molecule has 0 saturated carbocycles. The Kier molecular flexibility index (Phi) is 3.61. The van der Waals surface area contributed by atoms with Crippen molar-refractivity contribution in [3.05, 3.63) is 72.3 Å². The van der Waals surface area contributed by atoms with E-state index in [0.717, 1.165) is 23.3 Å². The molecule has 2 aromatic rings. The fourth-order valence-electron chi connectivity index (χ4n) is 1.79. The van der Waals surface area contributed by atoms with E-state index in [1.807, 2.05) is 36.4 Å². The SMILES string of the molecule is C=C(Cc1ccccc1)c1cccc(OC)c1. The van der Waals surface area contributed by atoms with Crippen molar-refractivity contribution in [1.82, 2.24) is 0 Å². The van der Waals surface area contributed by atoms with Crippen molar-refractivity contribution in [2.45, 2.75) is 6.42 Å². The standard InChI is InChI=1S/C16H16O/c1-13(11-14-7-4-3-5-8-14)15-9-6-10-16(12-15)17-2/h3-10,12H,1,11H2,2H3. The normalized spacial score (nSPS) is 9.94. The largest absolute Gasteiger partial charge is 0.497 e. The van der Waals surface area contributed by atoms with Gasteiger partial charge in [-0.1, -0.05) is 49.0 Å². The molecule has 0 fully saturated rings. The van der Waals surface area contributed by atoms with Gasteiger partial charge in [-0.15, -0.1) is 0 Å². The van der Waals surface area contributed by atoms with Crippen LogP contribution in [0.2, 0.25) is 0 Å². The summed E-state index contributed by atoms with van der Waals surface area (Å²) < 4.78 is 5.21. The molecule has 0 radical (unpaired) electrons. The monoisotopic (exact) mass is 224 g/mol. The molecule has 0 saturated heterocycles. The third-order valence-corrected chi connectivity index (χ3v) is 2.74. The highest BCUT2D eigenvalue weighted by Crippen LogP contribution is 2.21. The van der Waals surface area contributed by atoms with Crippen molar-refractivity contribution >= 4 is 5.57 Å². The molecule has 86 valence electrons. The van der Waals surface area contributed by atoms with Crippen molar-refractivity contribution in [3.63, 3.8) is 0 Å². The Hall–Kier alpha value is -2.02. The molecule has 1 nitrogen and oxygen atoms in total. The Balaban J connectivity index is 2.14. The van der Waals surface area contributed by atoms with Gasteiger partial charge in [0.05, 0.1) is 7.11 Å². The maximum absolute atomic E-state index is 5.21. The summed E-state index contributed by atoms with van der Waals surface area (Å²) in [6.45, 7) is 4.14. The van der Waals surface area contributed by atoms with E-state index in [0.29, 0.717) is 0 Å². The smallest absolute Gasteiger partial charge is 0.119 e. The van der Waals surface area contributed by atoms with Gasteiger partial charge in [-0.25, -0.2) is 0 Å². The van der Waals surface area contributed by atoms with Gasteiger partial charge in [0.2, 0.25) is 0 Å². The molecule has 0 amide bonds. The molecule has 17 heavy (non-hydrogen) atoms. The molecule has 0 bridgehead atoms. The van der Waals surface area contributed by atoms with E-state index < -0.39 is 0 Å². The summed E-state index contributed by atoms with van der Waals surface area (Å²) >= 11 is 0. The van der Waals surface area contributed by atoms with Gasteiger partial charge in [-0.2, -0.15) is 0 Å². The van der Waals surface area contributed by atoms with Crippen molar-refractivity contribution in [2.24, 2.45) is 0 Å². The van der Waals surface area contributed by atoms with Crippen LogP contribution >= 0.6 is 0 Å². The summed E-state index contributed by atoms with van der Waals surface area (Å²) in [5.74, 6) is 0.872. The quantitative estimate of drug-likeness (QED) is 0.764. The highest BCUT2D eigenvalue weighted by atomic mass is 16.5. The van der Waals surface area contributed by atoms with Gasteiger partial charge in [0, 0.05) is 0 Å². The predicted molar refractivity (Wildman–Crippen MR) is 72.2 cm³/mol. The van der Waals surface area contributed by atoms with Crippen LogP contribution < -0.4 is 4.74 Å². The maximum atomic E-state index is 5.21. The number of allylic oxidation sites excluding steroid dienone is 1. The summed E-state index contributed by atoms with van der Waals surface area (Å²) in [5, 5.41) is 0. The zero-order chi connectivity index (χ0) is 12.1. The second-order valence-electron chi connectivity index (χ2n) is 4.00. The van der Waals surface area contributed by atoms with Crippen LogP contribution in [0.25, 0.3) is 5.57 Å². The van der Waals surface area contributed by atoms with Crippen LogP contribution in [-0.4, -0.2) is 7.11 Å². The van der Waals surface area contributed by atoms with E-state index in [9.17, 15) is 0 Å². The highest BCUT2D eigenvalue weighted by molar-refractivity contribution is 5.66. The highest BCUT2D eigenvalue weighted by Gasteiger charge is 2.01. The van der Waals surface area contributed by atoms with E-state index in [1.165, 1.54) is 5.56 Å². The molecular formula is C16H16O. The summed E-state index contributed by atoms with van der Waals surface area (Å²) in [5.41, 5.74) is 3.52. The average Bonchev–Trinajstić information content (AvgIpc) is 2.40. The lowest BCUT2D eigenvalue weighted by atomic mass is 10.00. The minimum atomic E-state index is 0.869. The van der Waals surface area contributed by atoms with E-state index >= 15 is 0 Å². The summed E-state index contributed by atoms with van der Waals surface area (Å²) in [6, 6.07) is 18.4. The number of hydrogen-bond donors (Lipinski definition) is 0. The third kappa shape index (κ3) is 2.97. The molecule has 2 rings (SSSR count). The summed E-state index contributed by atoms with van der Waals surface area (Å²) in [6.07, 6.45) is 0.869. The molecule has 0 spiro atoms. The Morgan fingerprint density at radius 1 is 1.06 bits per heavy atom. The molecule has 0 N–H and O–H groups in total. The lowest BCUT2D eigenvalue weighted by Crippen LogP contribution is -1.90. The number of hydrogen-bond acceptors (Lipinski definition) is 1. The lowest BCUT2D eigenvalue weighted by Gasteiger charge is -2.08. The topological polar surface area (TPSA) is 9.23 Å². The van der Waals surface area contributed by atoms with E-state index in [1.54, 1.807) is 7.11 Å². The maximum Gasteiger partial charge on any atom is 0.119 e. The van der Waals surface area contributed by atoms with Gasteiger partial charge >= 0.3 is 0 Å². The number of methoxy groups -OCH3 is 1. The van der Waals surface area contributed by atoms with Crippen LogP contribution in [0.5, 0.6) is 5.75 Å². The minimum Gasteiger partial charge on any atom is -0.497 e. The van der Waals surface area contributed by atoms with Crippen LogP contribution in [0.15, 0.2) is 61.2 Å². The first-order valence-corrected chi connectivity index (χ1v) is 5.66. The molecule has 0 aliphatic carbocycles. The van der Waals surface area contributed by atoms with Gasteiger partial charge < -0.3 is 4.74 Å². The van der Waals surface area contributed by atoms with Crippen LogP contribution in [0.4, 0.5) is 0 Å². The van der Waals surface area contributed by atoms with Crippen LogP contribution in [0.3, 0.4) is 0 Å². The Morgan fingerprint density at radius 3 is 2.53 bits per heavy atom. The first kappa shape index (κ1) is 11.5. The molecule has 0 aliphatic rings. The fourth-order valence-corrected chi connectivity index (χ4v) is 1.79. The zero-order valence-corrected chi connectivity index (χ0v) is 10.0. The Bertz CT molecular complexity index is 500. The number of ether oxygens (including phenoxy) is 1.